The lowest BCUT2D eigenvalue weighted by Crippen LogP contribution is -2.15. The minimum absolute atomic E-state index is 0.163. The monoisotopic (exact) mass is 532 g/mol. The van der Waals surface area contributed by atoms with E-state index < -0.39 is 0 Å². The van der Waals surface area contributed by atoms with Gasteiger partial charge in [0.25, 0.3) is 0 Å². The molecule has 1 amide bonds. The molecule has 0 radical (unpaired) electrons. The Hall–Kier alpha value is -3.56. The number of aryl methyl sites for hydroxylation is 1. The second-order valence-corrected chi connectivity index (χ2v) is 10.2. The Morgan fingerprint density at radius 2 is 1.65 bits per heavy atom. The molecule has 3 aromatic carbocycles. The molecule has 7 nitrogen and oxygen atoms in total. The molecule has 0 bridgehead atoms. The Labute approximate surface area is 225 Å². The topological polar surface area (TPSA) is 86.1 Å². The summed E-state index contributed by atoms with van der Waals surface area (Å²) >= 11 is 3.02. The van der Waals surface area contributed by atoms with Crippen LogP contribution in [0.25, 0.3) is 5.69 Å². The second kappa shape index (κ2) is 13.1. The quantitative estimate of drug-likeness (QED) is 0.183. The third-order valence-corrected chi connectivity index (χ3v) is 7.21. The average Bonchev–Trinajstić information content (AvgIpc) is 3.34. The zero-order chi connectivity index (χ0) is 26.0. The summed E-state index contributed by atoms with van der Waals surface area (Å²) in [5, 5.41) is 12.3. The van der Waals surface area contributed by atoms with Gasteiger partial charge in [-0.3, -0.25) is 9.36 Å². The molecule has 4 rings (SSSR count). The van der Waals surface area contributed by atoms with Crippen molar-refractivity contribution in [2.75, 3.05) is 17.7 Å². The number of amides is 1. The lowest BCUT2D eigenvalue weighted by atomic mass is 10.2. The van der Waals surface area contributed by atoms with E-state index in [2.05, 4.69) is 46.7 Å². The summed E-state index contributed by atoms with van der Waals surface area (Å²) in [7, 11) is 0. The first-order chi connectivity index (χ1) is 18.0. The number of thioether (sulfide) groups is 2. The fraction of sp³-hybridized carbons (Fsp3) is 0.214. The van der Waals surface area contributed by atoms with Crippen molar-refractivity contribution in [1.29, 1.82) is 0 Å². The zero-order valence-corrected chi connectivity index (χ0v) is 22.3. The van der Waals surface area contributed by atoms with Crippen LogP contribution < -0.4 is 5.32 Å². The van der Waals surface area contributed by atoms with Crippen molar-refractivity contribution < 1.29 is 14.3 Å². The second-order valence-electron chi connectivity index (χ2n) is 8.22. The van der Waals surface area contributed by atoms with Crippen LogP contribution >= 0.6 is 23.5 Å². The van der Waals surface area contributed by atoms with E-state index in [1.165, 1.54) is 17.3 Å². The van der Waals surface area contributed by atoms with Crippen molar-refractivity contribution in [3.8, 4) is 5.69 Å². The number of aromatic nitrogens is 3. The molecule has 0 spiro atoms. The highest BCUT2D eigenvalue weighted by Crippen LogP contribution is 2.27. The molecular weight excluding hydrogens is 504 g/mol. The summed E-state index contributed by atoms with van der Waals surface area (Å²) in [5.74, 6) is 1.07. The van der Waals surface area contributed by atoms with E-state index in [0.29, 0.717) is 28.8 Å². The molecule has 0 atom stereocenters. The zero-order valence-electron chi connectivity index (χ0n) is 20.7. The van der Waals surface area contributed by atoms with Gasteiger partial charge in [0.1, 0.15) is 5.82 Å². The van der Waals surface area contributed by atoms with Gasteiger partial charge in [-0.2, -0.15) is 0 Å². The van der Waals surface area contributed by atoms with Crippen LogP contribution in [0.3, 0.4) is 0 Å². The van der Waals surface area contributed by atoms with Crippen LogP contribution in [0.2, 0.25) is 0 Å². The SMILES string of the molecule is CCCOC(=O)c1ccc(NC(=O)CSc2nnc(CSc3ccc(C)cc3)n2-c2ccccc2)cc1. The van der Waals surface area contributed by atoms with E-state index in [1.807, 2.05) is 41.8 Å². The molecule has 37 heavy (non-hydrogen) atoms. The molecule has 0 saturated heterocycles. The molecular formula is C28H28N4O3S2. The van der Waals surface area contributed by atoms with Gasteiger partial charge >= 0.3 is 5.97 Å². The van der Waals surface area contributed by atoms with E-state index >= 15 is 0 Å². The van der Waals surface area contributed by atoms with Crippen LogP contribution in [-0.4, -0.2) is 39.0 Å². The molecule has 190 valence electrons. The molecule has 4 aromatic rings. The maximum atomic E-state index is 12.7. The van der Waals surface area contributed by atoms with Crippen molar-refractivity contribution in [3.63, 3.8) is 0 Å². The third kappa shape index (κ3) is 7.47. The number of nitrogens with one attached hydrogen (secondary N) is 1. The van der Waals surface area contributed by atoms with Gasteiger partial charge in [-0.05, 0) is 61.9 Å². The molecule has 0 aliphatic heterocycles. The number of carbonyl (C=O) groups excluding carboxylic acids is 2. The Bertz CT molecular complexity index is 1320. The lowest BCUT2D eigenvalue weighted by Gasteiger charge is -2.10. The van der Waals surface area contributed by atoms with Crippen LogP contribution in [0.15, 0.2) is 88.9 Å². The Kier molecular flexibility index (Phi) is 9.40. The van der Waals surface area contributed by atoms with Gasteiger partial charge in [0.15, 0.2) is 5.16 Å². The van der Waals surface area contributed by atoms with Crippen LogP contribution in [0.5, 0.6) is 0 Å². The summed E-state index contributed by atoms with van der Waals surface area (Å²) in [6.45, 7) is 4.39. The number of nitrogens with zero attached hydrogens (tertiary/aromatic N) is 3. The lowest BCUT2D eigenvalue weighted by molar-refractivity contribution is -0.113. The molecule has 0 aliphatic carbocycles. The van der Waals surface area contributed by atoms with E-state index in [4.69, 9.17) is 4.74 Å². The molecule has 0 aliphatic rings. The van der Waals surface area contributed by atoms with Crippen LogP contribution in [-0.2, 0) is 15.3 Å². The number of hydrogen-bond donors (Lipinski definition) is 1. The Balaban J connectivity index is 1.40. The smallest absolute Gasteiger partial charge is 0.338 e. The number of carbonyl (C=O) groups is 2. The van der Waals surface area contributed by atoms with Crippen molar-refractivity contribution in [1.82, 2.24) is 14.8 Å². The number of rotatable bonds is 11. The van der Waals surface area contributed by atoms with Crippen molar-refractivity contribution in [2.24, 2.45) is 0 Å². The minimum Gasteiger partial charge on any atom is -0.462 e. The molecule has 1 N–H and O–H groups in total. The first-order valence-corrected chi connectivity index (χ1v) is 13.9. The molecule has 0 fully saturated rings. The predicted molar refractivity (Wildman–Crippen MR) is 148 cm³/mol. The van der Waals surface area contributed by atoms with Gasteiger partial charge in [-0.15, -0.1) is 22.0 Å². The highest BCUT2D eigenvalue weighted by molar-refractivity contribution is 7.99. The van der Waals surface area contributed by atoms with Gasteiger partial charge in [0, 0.05) is 16.3 Å². The average molecular weight is 533 g/mol. The van der Waals surface area contributed by atoms with Gasteiger partial charge in [0.2, 0.25) is 5.91 Å². The number of ether oxygens (including phenoxy) is 1. The van der Waals surface area contributed by atoms with E-state index in [9.17, 15) is 9.59 Å². The summed E-state index contributed by atoms with van der Waals surface area (Å²) in [5.41, 5.74) is 3.23. The van der Waals surface area contributed by atoms with Gasteiger partial charge < -0.3 is 10.1 Å². The fourth-order valence-corrected chi connectivity index (χ4v) is 4.98. The Morgan fingerprint density at radius 3 is 2.35 bits per heavy atom. The van der Waals surface area contributed by atoms with E-state index in [0.717, 1.165) is 22.8 Å². The normalized spacial score (nSPS) is 10.8. The highest BCUT2D eigenvalue weighted by Gasteiger charge is 2.16. The molecule has 0 unspecified atom stereocenters. The van der Waals surface area contributed by atoms with Gasteiger partial charge in [-0.25, -0.2) is 4.79 Å². The molecule has 9 heteroatoms. The minimum atomic E-state index is -0.369. The summed E-state index contributed by atoms with van der Waals surface area (Å²) in [6, 6.07) is 25.0. The van der Waals surface area contributed by atoms with Gasteiger partial charge in [0.05, 0.1) is 23.7 Å². The molecule has 0 saturated carbocycles. The third-order valence-electron chi connectivity index (χ3n) is 5.28. The van der Waals surface area contributed by atoms with Gasteiger partial charge in [-0.1, -0.05) is 54.6 Å². The van der Waals surface area contributed by atoms with Crippen LogP contribution in [0.4, 0.5) is 5.69 Å². The van der Waals surface area contributed by atoms with Crippen LogP contribution in [0.1, 0.15) is 35.1 Å². The first-order valence-electron chi connectivity index (χ1n) is 11.9. The largest absolute Gasteiger partial charge is 0.462 e. The maximum Gasteiger partial charge on any atom is 0.338 e. The number of esters is 1. The fourth-order valence-electron chi connectivity index (χ4n) is 3.40. The van der Waals surface area contributed by atoms with Crippen molar-refractivity contribution in [2.45, 2.75) is 36.1 Å². The first kappa shape index (κ1) is 26.5. The number of para-hydroxylation sites is 1. The predicted octanol–water partition coefficient (Wildman–Crippen LogP) is 6.17. The van der Waals surface area contributed by atoms with Crippen LogP contribution in [0, 0.1) is 6.92 Å². The molecule has 1 aromatic heterocycles. The van der Waals surface area contributed by atoms with E-state index in [-0.39, 0.29) is 17.6 Å². The maximum absolute atomic E-state index is 12.7. The molecule has 1 heterocycles. The summed E-state index contributed by atoms with van der Waals surface area (Å²) in [6.07, 6.45) is 0.767. The van der Waals surface area contributed by atoms with Crippen molar-refractivity contribution in [3.05, 3.63) is 95.8 Å². The van der Waals surface area contributed by atoms with Crippen molar-refractivity contribution >= 4 is 41.1 Å². The number of benzene rings is 3. The summed E-state index contributed by atoms with van der Waals surface area (Å²) in [4.78, 5) is 25.8. The summed E-state index contributed by atoms with van der Waals surface area (Å²) < 4.78 is 7.13. The highest BCUT2D eigenvalue weighted by atomic mass is 32.2. The Morgan fingerprint density at radius 1 is 0.919 bits per heavy atom. The van der Waals surface area contributed by atoms with E-state index in [1.54, 1.807) is 36.0 Å². The number of anilines is 1. The standard InChI is InChI=1S/C28H28N4O3S2/c1-3-17-35-27(34)21-11-13-22(14-12-21)29-26(33)19-37-28-31-30-25(32(28)23-7-5-4-6-8-23)18-36-24-15-9-20(2)10-16-24/h4-16H,3,17-19H2,1-2H3,(H,29,33). The number of hydrogen-bond acceptors (Lipinski definition) is 7.